The molecule has 5 aromatic rings. The fourth-order valence-electron chi connectivity index (χ4n) is 5.91. The highest BCUT2D eigenvalue weighted by molar-refractivity contribution is 5.98. The first-order valence-electron chi connectivity index (χ1n) is 16.3. The van der Waals surface area contributed by atoms with Crippen molar-refractivity contribution in [3.8, 4) is 0 Å². The highest BCUT2D eigenvalue weighted by Crippen LogP contribution is 2.22. The highest BCUT2D eigenvalue weighted by Gasteiger charge is 2.35. The molecule has 0 bridgehead atoms. The van der Waals surface area contributed by atoms with Crippen LogP contribution in [-0.2, 0) is 28.9 Å². The highest BCUT2D eigenvalue weighted by atomic mass is 16.2. The average molecular weight is 642 g/mol. The molecular formula is C40H43N5O3. The van der Waals surface area contributed by atoms with Crippen LogP contribution in [0.3, 0.4) is 0 Å². The standard InChI is InChI=1S/C40H43N5O3/c1-28(41)33-14-9-15-35(27-33)39(47)45(3)37(26-31-16-17-32-12-7-8-13-34(32)24-31)40(48)44(2)36(25-30-10-5-4-6-11-30)38(46)43-23-20-29-18-21-42-22-19-29/h4-19,21-22,24,27-28,36-37H,20,23,25-26,41H2,1-3H3,(H,43,46). The van der Waals surface area contributed by atoms with Gasteiger partial charge in [0.1, 0.15) is 12.1 Å². The van der Waals surface area contributed by atoms with Crippen LogP contribution in [0.4, 0.5) is 0 Å². The molecule has 0 spiro atoms. The number of pyridine rings is 1. The molecule has 4 aromatic carbocycles. The van der Waals surface area contributed by atoms with E-state index in [1.54, 1.807) is 44.7 Å². The number of likely N-dealkylation sites (N-methyl/N-ethyl adjacent to an activating group) is 2. The summed E-state index contributed by atoms with van der Waals surface area (Å²) in [6.45, 7) is 2.27. The van der Waals surface area contributed by atoms with Crippen molar-refractivity contribution >= 4 is 28.5 Å². The van der Waals surface area contributed by atoms with Gasteiger partial charge in [0.25, 0.3) is 5.91 Å². The summed E-state index contributed by atoms with van der Waals surface area (Å²) in [6, 6.07) is 32.8. The van der Waals surface area contributed by atoms with Gasteiger partial charge in [0.15, 0.2) is 0 Å². The second-order valence-electron chi connectivity index (χ2n) is 12.3. The van der Waals surface area contributed by atoms with E-state index in [0.717, 1.165) is 33.0 Å². The number of fused-ring (bicyclic) bond motifs is 1. The third-order valence-electron chi connectivity index (χ3n) is 8.83. The molecule has 0 saturated carbocycles. The molecule has 0 fully saturated rings. The van der Waals surface area contributed by atoms with Crippen molar-refractivity contribution < 1.29 is 14.4 Å². The van der Waals surface area contributed by atoms with E-state index in [1.165, 1.54) is 9.80 Å². The topological polar surface area (TPSA) is 109 Å². The van der Waals surface area contributed by atoms with Gasteiger partial charge in [0.2, 0.25) is 11.8 Å². The Hall–Kier alpha value is -5.34. The Kier molecular flexibility index (Phi) is 11.3. The zero-order valence-electron chi connectivity index (χ0n) is 27.8. The fourth-order valence-corrected chi connectivity index (χ4v) is 5.91. The van der Waals surface area contributed by atoms with E-state index < -0.39 is 12.1 Å². The first-order chi connectivity index (χ1) is 23.2. The number of rotatable bonds is 13. The largest absolute Gasteiger partial charge is 0.354 e. The third kappa shape index (κ3) is 8.52. The summed E-state index contributed by atoms with van der Waals surface area (Å²) < 4.78 is 0. The van der Waals surface area contributed by atoms with Crippen LogP contribution in [0.1, 0.15) is 45.6 Å². The molecule has 8 nitrogen and oxygen atoms in total. The van der Waals surface area contributed by atoms with E-state index in [0.29, 0.717) is 24.9 Å². The number of hydrogen-bond acceptors (Lipinski definition) is 5. The lowest BCUT2D eigenvalue weighted by molar-refractivity contribution is -0.142. The second-order valence-corrected chi connectivity index (χ2v) is 12.3. The molecule has 3 amide bonds. The van der Waals surface area contributed by atoms with Crippen LogP contribution >= 0.6 is 0 Å². The van der Waals surface area contributed by atoms with Gasteiger partial charge < -0.3 is 20.9 Å². The molecule has 0 aliphatic rings. The van der Waals surface area contributed by atoms with Crippen molar-refractivity contribution in [1.29, 1.82) is 0 Å². The van der Waals surface area contributed by atoms with Gasteiger partial charge in [-0.2, -0.15) is 0 Å². The predicted octanol–water partition coefficient (Wildman–Crippen LogP) is 5.37. The average Bonchev–Trinajstić information content (AvgIpc) is 3.12. The van der Waals surface area contributed by atoms with Gasteiger partial charge >= 0.3 is 0 Å². The lowest BCUT2D eigenvalue weighted by Crippen LogP contribution is -2.56. The summed E-state index contributed by atoms with van der Waals surface area (Å²) in [5, 5.41) is 5.18. The first kappa shape index (κ1) is 34.0. The molecule has 3 atom stereocenters. The molecule has 0 aliphatic carbocycles. The molecule has 0 radical (unpaired) electrons. The Morgan fingerprint density at radius 3 is 2.12 bits per heavy atom. The minimum atomic E-state index is -0.884. The number of hydrogen-bond donors (Lipinski definition) is 2. The number of benzene rings is 4. The summed E-state index contributed by atoms with van der Waals surface area (Å²) in [6.07, 6.45) is 4.67. The number of nitrogens with one attached hydrogen (secondary N) is 1. The number of aromatic nitrogens is 1. The molecule has 3 N–H and O–H groups in total. The van der Waals surface area contributed by atoms with Crippen LogP contribution in [0.25, 0.3) is 10.8 Å². The van der Waals surface area contributed by atoms with Crippen molar-refractivity contribution in [2.75, 3.05) is 20.6 Å². The first-order valence-corrected chi connectivity index (χ1v) is 16.3. The van der Waals surface area contributed by atoms with Gasteiger partial charge in [0, 0.05) is 57.5 Å². The Bertz CT molecular complexity index is 1840. The number of carbonyl (C=O) groups excluding carboxylic acids is 3. The monoisotopic (exact) mass is 641 g/mol. The molecule has 1 heterocycles. The van der Waals surface area contributed by atoms with E-state index in [1.807, 2.05) is 91.9 Å². The van der Waals surface area contributed by atoms with Crippen molar-refractivity contribution in [3.63, 3.8) is 0 Å². The van der Waals surface area contributed by atoms with Crippen LogP contribution in [0.15, 0.2) is 122 Å². The van der Waals surface area contributed by atoms with Crippen molar-refractivity contribution in [3.05, 3.63) is 149 Å². The molecule has 1 aromatic heterocycles. The van der Waals surface area contributed by atoms with Crippen molar-refractivity contribution in [1.82, 2.24) is 20.1 Å². The summed E-state index contributed by atoms with van der Waals surface area (Å²) in [7, 11) is 3.31. The normalized spacial score (nSPS) is 12.9. The van der Waals surface area contributed by atoms with E-state index in [2.05, 4.69) is 16.4 Å². The Balaban J connectivity index is 1.45. The summed E-state index contributed by atoms with van der Waals surface area (Å²) in [5.41, 5.74) is 10.3. The molecule has 5 rings (SSSR count). The van der Waals surface area contributed by atoms with Gasteiger partial charge in [-0.05, 0) is 70.6 Å². The van der Waals surface area contributed by atoms with E-state index in [-0.39, 0.29) is 30.2 Å². The van der Waals surface area contributed by atoms with Crippen LogP contribution in [-0.4, -0.2) is 65.2 Å². The van der Waals surface area contributed by atoms with E-state index >= 15 is 0 Å². The van der Waals surface area contributed by atoms with Gasteiger partial charge in [-0.25, -0.2) is 0 Å². The molecular weight excluding hydrogens is 598 g/mol. The third-order valence-corrected chi connectivity index (χ3v) is 8.83. The van der Waals surface area contributed by atoms with E-state index in [9.17, 15) is 14.4 Å². The maximum absolute atomic E-state index is 14.6. The van der Waals surface area contributed by atoms with Gasteiger partial charge in [-0.15, -0.1) is 0 Å². The molecule has 3 unspecified atom stereocenters. The number of nitrogens with zero attached hydrogens (tertiary/aromatic N) is 3. The quantitative estimate of drug-likeness (QED) is 0.180. The molecule has 48 heavy (non-hydrogen) atoms. The predicted molar refractivity (Wildman–Crippen MR) is 190 cm³/mol. The van der Waals surface area contributed by atoms with Crippen LogP contribution in [0.2, 0.25) is 0 Å². The smallest absolute Gasteiger partial charge is 0.254 e. The number of carbonyl (C=O) groups is 3. The van der Waals surface area contributed by atoms with Crippen LogP contribution < -0.4 is 11.1 Å². The maximum atomic E-state index is 14.6. The molecule has 246 valence electrons. The molecule has 0 aliphatic heterocycles. The van der Waals surface area contributed by atoms with Crippen molar-refractivity contribution in [2.45, 2.75) is 44.3 Å². The minimum Gasteiger partial charge on any atom is -0.354 e. The maximum Gasteiger partial charge on any atom is 0.254 e. The zero-order valence-corrected chi connectivity index (χ0v) is 27.8. The summed E-state index contributed by atoms with van der Waals surface area (Å²) in [5.74, 6) is -0.883. The number of amides is 3. The van der Waals surface area contributed by atoms with Crippen LogP contribution in [0.5, 0.6) is 0 Å². The summed E-state index contributed by atoms with van der Waals surface area (Å²) >= 11 is 0. The lowest BCUT2D eigenvalue weighted by atomic mass is 9.97. The van der Waals surface area contributed by atoms with Crippen LogP contribution in [0, 0.1) is 0 Å². The van der Waals surface area contributed by atoms with Gasteiger partial charge in [-0.3, -0.25) is 19.4 Å². The number of nitrogens with two attached hydrogens (primary N) is 1. The second kappa shape index (κ2) is 16.0. The lowest BCUT2D eigenvalue weighted by Gasteiger charge is -2.35. The Morgan fingerprint density at radius 2 is 1.40 bits per heavy atom. The van der Waals surface area contributed by atoms with Crippen molar-refractivity contribution in [2.24, 2.45) is 5.73 Å². The molecule has 0 saturated heterocycles. The van der Waals surface area contributed by atoms with Gasteiger partial charge in [0.05, 0.1) is 0 Å². The fraction of sp³-hybridized carbons (Fsp3) is 0.250. The Labute approximate surface area is 282 Å². The van der Waals surface area contributed by atoms with Gasteiger partial charge in [-0.1, -0.05) is 84.9 Å². The summed E-state index contributed by atoms with van der Waals surface area (Å²) in [4.78, 5) is 49.5. The zero-order chi connectivity index (χ0) is 34.0. The SMILES string of the molecule is CC(N)c1cccc(C(=O)N(C)C(Cc2ccc3ccccc3c2)C(=O)N(C)C(Cc2ccccc2)C(=O)NCCc2ccncc2)c1. The molecule has 8 heteroatoms. The Morgan fingerprint density at radius 1 is 0.708 bits per heavy atom. The minimum absolute atomic E-state index is 0.250. The van der Waals surface area contributed by atoms with E-state index in [4.69, 9.17) is 5.73 Å².